The van der Waals surface area contributed by atoms with E-state index >= 15 is 0 Å². The highest BCUT2D eigenvalue weighted by molar-refractivity contribution is 5.78. The Morgan fingerprint density at radius 2 is 1.96 bits per heavy atom. The monoisotopic (exact) mass is 335 g/mol. The Balaban J connectivity index is 1.42. The molecular formula is C20H25N5. The van der Waals surface area contributed by atoms with E-state index in [0.29, 0.717) is 0 Å². The minimum Gasteiger partial charge on any atom is -0.337 e. The molecule has 3 heterocycles. The largest absolute Gasteiger partial charge is 0.337 e. The summed E-state index contributed by atoms with van der Waals surface area (Å²) in [4.78, 5) is 14.8. The van der Waals surface area contributed by atoms with Crippen LogP contribution in [0.3, 0.4) is 0 Å². The van der Waals surface area contributed by atoms with Crippen LogP contribution in [-0.2, 0) is 6.54 Å². The molecule has 25 heavy (non-hydrogen) atoms. The van der Waals surface area contributed by atoms with Gasteiger partial charge in [0.1, 0.15) is 5.82 Å². The van der Waals surface area contributed by atoms with Crippen LogP contribution in [0.1, 0.15) is 24.8 Å². The van der Waals surface area contributed by atoms with Crippen LogP contribution in [0.5, 0.6) is 0 Å². The van der Waals surface area contributed by atoms with Gasteiger partial charge in [-0.15, -0.1) is 0 Å². The molecule has 0 atom stereocenters. The SMILES string of the molecule is c1ccc(-c2nc3ccncc3[nH]2)c(CNCCN2CCCCC2)c1. The molecular weight excluding hydrogens is 310 g/mol. The fourth-order valence-electron chi connectivity index (χ4n) is 3.53. The van der Waals surface area contributed by atoms with Gasteiger partial charge < -0.3 is 15.2 Å². The third kappa shape index (κ3) is 3.89. The van der Waals surface area contributed by atoms with E-state index in [2.05, 4.69) is 44.5 Å². The first-order chi connectivity index (χ1) is 12.4. The molecule has 130 valence electrons. The molecule has 0 amide bonds. The van der Waals surface area contributed by atoms with Gasteiger partial charge >= 0.3 is 0 Å². The summed E-state index contributed by atoms with van der Waals surface area (Å²) in [6, 6.07) is 10.4. The summed E-state index contributed by atoms with van der Waals surface area (Å²) in [5, 5.41) is 3.60. The Bertz CT molecular complexity index is 787. The lowest BCUT2D eigenvalue weighted by Gasteiger charge is -2.26. The van der Waals surface area contributed by atoms with Crippen molar-refractivity contribution in [1.82, 2.24) is 25.2 Å². The molecule has 1 aliphatic heterocycles. The van der Waals surface area contributed by atoms with Crippen LogP contribution in [0.2, 0.25) is 0 Å². The first-order valence-electron chi connectivity index (χ1n) is 9.21. The number of hydrogen-bond acceptors (Lipinski definition) is 4. The summed E-state index contributed by atoms with van der Waals surface area (Å²) in [6.07, 6.45) is 7.70. The molecule has 5 heteroatoms. The van der Waals surface area contributed by atoms with Crippen molar-refractivity contribution in [3.63, 3.8) is 0 Å². The van der Waals surface area contributed by atoms with Crippen molar-refractivity contribution in [2.75, 3.05) is 26.2 Å². The van der Waals surface area contributed by atoms with E-state index < -0.39 is 0 Å². The molecule has 3 aromatic rings. The lowest BCUT2D eigenvalue weighted by Crippen LogP contribution is -2.35. The third-order valence-corrected chi connectivity index (χ3v) is 4.92. The molecule has 1 saturated heterocycles. The Morgan fingerprint density at radius 1 is 1.08 bits per heavy atom. The van der Waals surface area contributed by atoms with Gasteiger partial charge in [-0.05, 0) is 37.6 Å². The highest BCUT2D eigenvalue weighted by Crippen LogP contribution is 2.23. The number of benzene rings is 1. The predicted molar refractivity (Wildman–Crippen MR) is 101 cm³/mol. The lowest BCUT2D eigenvalue weighted by atomic mass is 10.1. The minimum absolute atomic E-state index is 0.860. The van der Waals surface area contributed by atoms with E-state index in [1.54, 1.807) is 6.20 Å². The molecule has 0 unspecified atom stereocenters. The van der Waals surface area contributed by atoms with Crippen molar-refractivity contribution >= 4 is 11.0 Å². The van der Waals surface area contributed by atoms with Crippen molar-refractivity contribution in [2.45, 2.75) is 25.8 Å². The molecule has 1 aromatic carbocycles. The van der Waals surface area contributed by atoms with Crippen LogP contribution < -0.4 is 5.32 Å². The molecule has 4 rings (SSSR count). The Hall–Kier alpha value is -2.24. The number of pyridine rings is 1. The number of likely N-dealkylation sites (tertiary alicyclic amines) is 1. The van der Waals surface area contributed by atoms with Crippen LogP contribution in [0.4, 0.5) is 0 Å². The smallest absolute Gasteiger partial charge is 0.138 e. The lowest BCUT2D eigenvalue weighted by molar-refractivity contribution is 0.229. The zero-order valence-corrected chi connectivity index (χ0v) is 14.5. The average Bonchev–Trinajstić information content (AvgIpc) is 3.10. The second-order valence-corrected chi connectivity index (χ2v) is 6.71. The third-order valence-electron chi connectivity index (χ3n) is 4.92. The maximum atomic E-state index is 4.71. The highest BCUT2D eigenvalue weighted by atomic mass is 15.1. The van der Waals surface area contributed by atoms with Crippen LogP contribution in [0.25, 0.3) is 22.4 Å². The number of rotatable bonds is 6. The van der Waals surface area contributed by atoms with Crippen LogP contribution >= 0.6 is 0 Å². The van der Waals surface area contributed by atoms with Gasteiger partial charge in [-0.25, -0.2) is 4.98 Å². The van der Waals surface area contributed by atoms with E-state index in [0.717, 1.165) is 42.1 Å². The summed E-state index contributed by atoms with van der Waals surface area (Å²) in [7, 11) is 0. The summed E-state index contributed by atoms with van der Waals surface area (Å²) >= 11 is 0. The average molecular weight is 335 g/mol. The normalized spacial score (nSPS) is 15.7. The van der Waals surface area contributed by atoms with Crippen molar-refractivity contribution in [1.29, 1.82) is 0 Å². The predicted octanol–water partition coefficient (Wildman–Crippen LogP) is 3.20. The number of imidazole rings is 1. The Labute approximate surface area is 148 Å². The molecule has 0 radical (unpaired) electrons. The number of fused-ring (bicyclic) bond motifs is 1. The topological polar surface area (TPSA) is 56.8 Å². The minimum atomic E-state index is 0.860. The number of H-pyrrole nitrogens is 1. The molecule has 2 N–H and O–H groups in total. The van der Waals surface area contributed by atoms with Gasteiger partial charge in [-0.3, -0.25) is 4.98 Å². The molecule has 0 spiro atoms. The van der Waals surface area contributed by atoms with E-state index in [4.69, 9.17) is 4.98 Å². The van der Waals surface area contributed by atoms with E-state index in [-0.39, 0.29) is 0 Å². The maximum Gasteiger partial charge on any atom is 0.138 e. The van der Waals surface area contributed by atoms with Gasteiger partial charge in [0.25, 0.3) is 0 Å². The van der Waals surface area contributed by atoms with Crippen LogP contribution in [0, 0.1) is 0 Å². The second-order valence-electron chi connectivity index (χ2n) is 6.71. The van der Waals surface area contributed by atoms with Gasteiger partial charge in [-0.1, -0.05) is 30.7 Å². The second kappa shape index (κ2) is 7.76. The van der Waals surface area contributed by atoms with E-state index in [9.17, 15) is 0 Å². The van der Waals surface area contributed by atoms with Crippen LogP contribution in [0.15, 0.2) is 42.7 Å². The van der Waals surface area contributed by atoms with E-state index in [1.165, 1.54) is 37.9 Å². The summed E-state index contributed by atoms with van der Waals surface area (Å²) in [5.74, 6) is 0.913. The van der Waals surface area contributed by atoms with Crippen molar-refractivity contribution < 1.29 is 0 Å². The fourth-order valence-corrected chi connectivity index (χ4v) is 3.53. The molecule has 0 saturated carbocycles. The standard InChI is InChI=1S/C20H25N5/c1-4-11-25(12-5-1)13-10-22-14-16-6-2-3-7-17(16)20-23-18-8-9-21-15-19(18)24-20/h2-3,6-9,15,22H,1,4-5,10-14H2,(H,23,24). The first-order valence-corrected chi connectivity index (χ1v) is 9.21. The maximum absolute atomic E-state index is 4.71. The quantitative estimate of drug-likeness (QED) is 0.679. The zero-order chi connectivity index (χ0) is 16.9. The first kappa shape index (κ1) is 16.2. The molecule has 0 bridgehead atoms. The fraction of sp³-hybridized carbons (Fsp3) is 0.400. The zero-order valence-electron chi connectivity index (χ0n) is 14.5. The van der Waals surface area contributed by atoms with Crippen molar-refractivity contribution in [2.24, 2.45) is 0 Å². The van der Waals surface area contributed by atoms with Gasteiger partial charge in [0.05, 0.1) is 17.2 Å². The number of aromatic nitrogens is 3. The van der Waals surface area contributed by atoms with Crippen molar-refractivity contribution in [3.05, 3.63) is 48.3 Å². The summed E-state index contributed by atoms with van der Waals surface area (Å²) in [5.41, 5.74) is 4.36. The van der Waals surface area contributed by atoms with E-state index in [1.807, 2.05) is 12.3 Å². The van der Waals surface area contributed by atoms with Gasteiger partial charge in [0, 0.05) is 31.4 Å². The number of hydrogen-bond donors (Lipinski definition) is 2. The molecule has 2 aromatic heterocycles. The van der Waals surface area contributed by atoms with Gasteiger partial charge in [0.2, 0.25) is 0 Å². The Kier molecular flexibility index (Phi) is 5.04. The van der Waals surface area contributed by atoms with Crippen molar-refractivity contribution in [3.8, 4) is 11.4 Å². The molecule has 1 aliphatic rings. The number of nitrogens with zero attached hydrogens (tertiary/aromatic N) is 3. The molecule has 1 fully saturated rings. The highest BCUT2D eigenvalue weighted by Gasteiger charge is 2.11. The summed E-state index contributed by atoms with van der Waals surface area (Å²) < 4.78 is 0. The number of aromatic amines is 1. The Morgan fingerprint density at radius 3 is 2.84 bits per heavy atom. The number of nitrogens with one attached hydrogen (secondary N) is 2. The van der Waals surface area contributed by atoms with Gasteiger partial charge in [0.15, 0.2) is 0 Å². The van der Waals surface area contributed by atoms with Crippen LogP contribution in [-0.4, -0.2) is 46.0 Å². The molecule has 0 aliphatic carbocycles. The summed E-state index contributed by atoms with van der Waals surface area (Å²) in [6.45, 7) is 5.53. The van der Waals surface area contributed by atoms with Gasteiger partial charge in [-0.2, -0.15) is 0 Å². The molecule has 5 nitrogen and oxygen atoms in total. The number of piperidine rings is 1.